The SMILES string of the molecule is COc1ccc(C(CC(=O)O)NC(=O)C(C)c2cccc(Cl)c2)cc1OC. The fraction of sp³-hybridized carbons (Fsp3) is 0.300. The van der Waals surface area contributed by atoms with E-state index in [9.17, 15) is 14.7 Å². The van der Waals surface area contributed by atoms with E-state index in [1.54, 1.807) is 49.4 Å². The van der Waals surface area contributed by atoms with Gasteiger partial charge >= 0.3 is 5.97 Å². The molecule has 7 heteroatoms. The maximum atomic E-state index is 12.7. The number of benzene rings is 2. The fourth-order valence-corrected chi connectivity index (χ4v) is 2.92. The molecule has 0 saturated carbocycles. The molecular formula is C20H22ClNO5. The predicted octanol–water partition coefficient (Wildman–Crippen LogP) is 3.79. The van der Waals surface area contributed by atoms with Gasteiger partial charge in [-0.05, 0) is 42.3 Å². The average molecular weight is 392 g/mol. The number of aliphatic carboxylic acids is 1. The van der Waals surface area contributed by atoms with Crippen molar-refractivity contribution in [2.24, 2.45) is 0 Å². The predicted molar refractivity (Wildman–Crippen MR) is 103 cm³/mol. The average Bonchev–Trinajstić information content (AvgIpc) is 2.65. The van der Waals surface area contributed by atoms with Crippen molar-refractivity contribution in [3.8, 4) is 11.5 Å². The summed E-state index contributed by atoms with van der Waals surface area (Å²) < 4.78 is 10.5. The molecule has 0 heterocycles. The first-order valence-electron chi connectivity index (χ1n) is 8.35. The van der Waals surface area contributed by atoms with E-state index in [-0.39, 0.29) is 12.3 Å². The zero-order chi connectivity index (χ0) is 20.0. The number of ether oxygens (including phenoxy) is 2. The van der Waals surface area contributed by atoms with E-state index in [0.717, 1.165) is 5.56 Å². The highest BCUT2D eigenvalue weighted by atomic mass is 35.5. The molecule has 0 aliphatic heterocycles. The Kier molecular flexibility index (Phi) is 7.07. The molecule has 0 fully saturated rings. The van der Waals surface area contributed by atoms with Gasteiger partial charge in [-0.25, -0.2) is 0 Å². The van der Waals surface area contributed by atoms with Crippen LogP contribution in [0.1, 0.15) is 36.4 Å². The van der Waals surface area contributed by atoms with Gasteiger partial charge in [-0.2, -0.15) is 0 Å². The highest BCUT2D eigenvalue weighted by Crippen LogP contribution is 2.31. The molecule has 2 N–H and O–H groups in total. The Hall–Kier alpha value is -2.73. The Morgan fingerprint density at radius 3 is 2.37 bits per heavy atom. The summed E-state index contributed by atoms with van der Waals surface area (Å²) in [6, 6.07) is 11.4. The minimum Gasteiger partial charge on any atom is -0.493 e. The van der Waals surface area contributed by atoms with Gasteiger partial charge in [-0.1, -0.05) is 29.8 Å². The van der Waals surface area contributed by atoms with Gasteiger partial charge in [0.15, 0.2) is 11.5 Å². The molecule has 0 radical (unpaired) electrons. The highest BCUT2D eigenvalue weighted by Gasteiger charge is 2.23. The Bertz CT molecular complexity index is 824. The molecular weight excluding hydrogens is 370 g/mol. The molecule has 0 saturated heterocycles. The number of halogens is 1. The van der Waals surface area contributed by atoms with Crippen LogP contribution in [-0.2, 0) is 9.59 Å². The van der Waals surface area contributed by atoms with Crippen LogP contribution in [0.25, 0.3) is 0 Å². The van der Waals surface area contributed by atoms with Crippen LogP contribution >= 0.6 is 11.6 Å². The van der Waals surface area contributed by atoms with Crippen LogP contribution < -0.4 is 14.8 Å². The third kappa shape index (κ3) is 5.37. The number of amides is 1. The number of carboxylic acid groups (broad SMARTS) is 1. The van der Waals surface area contributed by atoms with Gasteiger partial charge in [0.25, 0.3) is 0 Å². The zero-order valence-corrected chi connectivity index (χ0v) is 16.1. The van der Waals surface area contributed by atoms with Crippen LogP contribution in [0.15, 0.2) is 42.5 Å². The van der Waals surface area contributed by atoms with Crippen molar-refractivity contribution in [2.45, 2.75) is 25.3 Å². The van der Waals surface area contributed by atoms with Gasteiger partial charge in [0.2, 0.25) is 5.91 Å². The minimum atomic E-state index is -1.02. The fourth-order valence-electron chi connectivity index (χ4n) is 2.72. The van der Waals surface area contributed by atoms with Crippen molar-refractivity contribution in [2.75, 3.05) is 14.2 Å². The van der Waals surface area contributed by atoms with Crippen molar-refractivity contribution in [1.29, 1.82) is 0 Å². The molecule has 2 atom stereocenters. The van der Waals surface area contributed by atoms with Crippen molar-refractivity contribution >= 4 is 23.5 Å². The standard InChI is InChI=1S/C20H22ClNO5/c1-12(13-5-4-6-15(21)9-13)20(25)22-16(11-19(23)24)14-7-8-17(26-2)18(10-14)27-3/h4-10,12,16H,11H2,1-3H3,(H,22,25)(H,23,24). The summed E-state index contributed by atoms with van der Waals surface area (Å²) in [4.78, 5) is 24.0. The van der Waals surface area contributed by atoms with E-state index in [2.05, 4.69) is 5.32 Å². The van der Waals surface area contributed by atoms with Crippen LogP contribution in [-0.4, -0.2) is 31.2 Å². The first-order chi connectivity index (χ1) is 12.8. The second-order valence-electron chi connectivity index (χ2n) is 6.05. The quantitative estimate of drug-likeness (QED) is 0.715. The number of carbonyl (C=O) groups is 2. The van der Waals surface area contributed by atoms with Crippen molar-refractivity contribution in [3.05, 3.63) is 58.6 Å². The smallest absolute Gasteiger partial charge is 0.305 e. The maximum absolute atomic E-state index is 12.7. The molecule has 2 rings (SSSR count). The molecule has 144 valence electrons. The molecule has 27 heavy (non-hydrogen) atoms. The summed E-state index contributed by atoms with van der Waals surface area (Å²) in [5.74, 6) is -0.819. The zero-order valence-electron chi connectivity index (χ0n) is 15.4. The number of methoxy groups -OCH3 is 2. The molecule has 0 aromatic heterocycles. The first kappa shape index (κ1) is 20.6. The van der Waals surface area contributed by atoms with Crippen molar-refractivity contribution in [1.82, 2.24) is 5.32 Å². The largest absolute Gasteiger partial charge is 0.493 e. The van der Waals surface area contributed by atoms with Crippen molar-refractivity contribution in [3.63, 3.8) is 0 Å². The molecule has 1 amide bonds. The lowest BCUT2D eigenvalue weighted by molar-refractivity contribution is -0.137. The molecule has 2 aromatic carbocycles. The van der Waals surface area contributed by atoms with Crippen LogP contribution in [0.2, 0.25) is 5.02 Å². The van der Waals surface area contributed by atoms with Crippen LogP contribution in [0.3, 0.4) is 0 Å². The Morgan fingerprint density at radius 2 is 1.78 bits per heavy atom. The number of hydrogen-bond acceptors (Lipinski definition) is 4. The second-order valence-corrected chi connectivity index (χ2v) is 6.49. The Balaban J connectivity index is 2.26. The lowest BCUT2D eigenvalue weighted by atomic mass is 9.98. The van der Waals surface area contributed by atoms with E-state index < -0.39 is 17.9 Å². The summed E-state index contributed by atoms with van der Waals surface area (Å²) in [7, 11) is 3.01. The number of carbonyl (C=O) groups excluding carboxylic acids is 1. The summed E-state index contributed by atoms with van der Waals surface area (Å²) >= 11 is 5.99. The maximum Gasteiger partial charge on any atom is 0.305 e. The Morgan fingerprint density at radius 1 is 1.07 bits per heavy atom. The Labute approximate surface area is 163 Å². The minimum absolute atomic E-state index is 0.260. The summed E-state index contributed by atoms with van der Waals surface area (Å²) in [5, 5.41) is 12.6. The monoisotopic (exact) mass is 391 g/mol. The van der Waals surface area contributed by atoms with E-state index in [4.69, 9.17) is 21.1 Å². The topological polar surface area (TPSA) is 84.9 Å². The van der Waals surface area contributed by atoms with Gasteiger partial charge in [0.1, 0.15) is 0 Å². The number of hydrogen-bond donors (Lipinski definition) is 2. The van der Waals surface area contributed by atoms with Gasteiger partial charge in [-0.3, -0.25) is 9.59 Å². The van der Waals surface area contributed by atoms with Crippen molar-refractivity contribution < 1.29 is 24.2 Å². The summed E-state index contributed by atoms with van der Waals surface area (Å²) in [5.41, 5.74) is 1.36. The van der Waals surface area contributed by atoms with Crippen LogP contribution in [0.4, 0.5) is 0 Å². The van der Waals surface area contributed by atoms with E-state index in [1.165, 1.54) is 14.2 Å². The van der Waals surface area contributed by atoms with Gasteiger partial charge in [0.05, 0.1) is 32.6 Å². The molecule has 6 nitrogen and oxygen atoms in total. The van der Waals surface area contributed by atoms with Crippen LogP contribution in [0.5, 0.6) is 11.5 Å². The third-order valence-corrected chi connectivity index (χ3v) is 4.48. The van der Waals surface area contributed by atoms with E-state index >= 15 is 0 Å². The number of nitrogens with one attached hydrogen (secondary N) is 1. The normalized spacial score (nSPS) is 12.7. The molecule has 0 bridgehead atoms. The molecule has 0 aliphatic rings. The molecule has 0 spiro atoms. The van der Waals surface area contributed by atoms with Crippen LogP contribution in [0, 0.1) is 0 Å². The lowest BCUT2D eigenvalue weighted by Crippen LogP contribution is -2.33. The number of rotatable bonds is 8. The third-order valence-electron chi connectivity index (χ3n) is 4.25. The number of carboxylic acids is 1. The molecule has 0 aliphatic carbocycles. The second kappa shape index (κ2) is 9.28. The summed E-state index contributed by atoms with van der Waals surface area (Å²) in [6.07, 6.45) is -0.260. The van der Waals surface area contributed by atoms with E-state index in [1.807, 2.05) is 0 Å². The van der Waals surface area contributed by atoms with E-state index in [0.29, 0.717) is 22.1 Å². The lowest BCUT2D eigenvalue weighted by Gasteiger charge is -2.21. The molecule has 2 aromatic rings. The highest BCUT2D eigenvalue weighted by molar-refractivity contribution is 6.30. The summed E-state index contributed by atoms with van der Waals surface area (Å²) in [6.45, 7) is 1.74. The van der Waals surface area contributed by atoms with Gasteiger partial charge < -0.3 is 19.9 Å². The van der Waals surface area contributed by atoms with Gasteiger partial charge in [0, 0.05) is 5.02 Å². The molecule has 2 unspecified atom stereocenters. The van der Waals surface area contributed by atoms with Gasteiger partial charge in [-0.15, -0.1) is 0 Å². The first-order valence-corrected chi connectivity index (χ1v) is 8.73.